The number of hydrogen-bond donors (Lipinski definition) is 1. The largest absolute Gasteiger partial charge is 0.379 e. The minimum Gasteiger partial charge on any atom is -0.379 e. The van der Waals surface area contributed by atoms with Gasteiger partial charge in [0.15, 0.2) is 5.65 Å². The van der Waals surface area contributed by atoms with Crippen LogP contribution >= 0.6 is 24.8 Å². The van der Waals surface area contributed by atoms with Gasteiger partial charge in [0.05, 0.1) is 24.9 Å². The molecule has 32 heavy (non-hydrogen) atoms. The maximum atomic E-state index is 13.1. The Hall–Kier alpha value is -1.45. The Bertz CT molecular complexity index is 875. The van der Waals surface area contributed by atoms with Crippen LogP contribution in [0.5, 0.6) is 0 Å². The normalized spacial score (nSPS) is 24.4. The van der Waals surface area contributed by atoms with Crippen LogP contribution in [-0.2, 0) is 16.1 Å². The lowest BCUT2D eigenvalue weighted by Gasteiger charge is -2.32. The lowest BCUT2D eigenvalue weighted by atomic mass is 10.1. The quantitative estimate of drug-likeness (QED) is 0.701. The minimum absolute atomic E-state index is 0. The minimum atomic E-state index is 0. The van der Waals surface area contributed by atoms with Crippen LogP contribution in [0.4, 0.5) is 0 Å². The molecular weight excluding hydrogens is 451 g/mol. The van der Waals surface area contributed by atoms with Gasteiger partial charge in [0.25, 0.3) is 0 Å². The third-order valence-corrected chi connectivity index (χ3v) is 6.75. The fourth-order valence-corrected chi connectivity index (χ4v) is 5.20. The molecule has 0 aliphatic carbocycles. The number of likely N-dealkylation sites (tertiary alicyclic amines) is 1. The Morgan fingerprint density at radius 3 is 2.78 bits per heavy atom. The second-order valence-electron chi connectivity index (χ2n) is 9.03. The first kappa shape index (κ1) is 25.2. The van der Waals surface area contributed by atoms with E-state index in [1.165, 1.54) is 19.3 Å². The fourth-order valence-electron chi connectivity index (χ4n) is 5.20. The van der Waals surface area contributed by atoms with E-state index in [0.717, 1.165) is 69.1 Å². The molecule has 2 aromatic heterocycles. The van der Waals surface area contributed by atoms with Gasteiger partial charge in [0.2, 0.25) is 5.91 Å². The molecule has 2 bridgehead atoms. The molecule has 5 heterocycles. The zero-order valence-corrected chi connectivity index (χ0v) is 20.1. The molecule has 0 spiro atoms. The molecule has 2 atom stereocenters. The molecule has 0 saturated carbocycles. The molecule has 0 radical (unpaired) electrons. The third kappa shape index (κ3) is 5.72. The number of carbonyl (C=O) groups is 1. The van der Waals surface area contributed by atoms with Gasteiger partial charge in [0, 0.05) is 56.6 Å². The molecule has 3 saturated heterocycles. The molecule has 2 aromatic rings. The number of ether oxygens (including phenoxy) is 1. The standard InChI is InChI=1S/C22H32N6O2.2ClH/c29-21(6-10-26-8-2-1-3-9-26)28-12-17-11-27(13-18(28)16-30-15-17)14-20-19-5-4-7-23-22(19)25-24-20;;/h4-5,7,17-18H,1-3,6,8-16H2,(H,23,24,25);2*1H/t17-,18-;;/m0../s1. The fraction of sp³-hybridized carbons (Fsp3) is 0.682. The average Bonchev–Trinajstić information content (AvgIpc) is 2.94. The lowest BCUT2D eigenvalue weighted by molar-refractivity contribution is -0.134. The van der Waals surface area contributed by atoms with Crippen LogP contribution < -0.4 is 0 Å². The highest BCUT2D eigenvalue weighted by molar-refractivity contribution is 5.85. The van der Waals surface area contributed by atoms with Crippen LogP contribution in [0.1, 0.15) is 31.4 Å². The number of amides is 1. The zero-order chi connectivity index (χ0) is 20.3. The van der Waals surface area contributed by atoms with Crippen molar-refractivity contribution in [2.45, 2.75) is 38.3 Å². The van der Waals surface area contributed by atoms with Crippen molar-refractivity contribution >= 4 is 41.8 Å². The number of halogens is 2. The predicted octanol–water partition coefficient (Wildman–Crippen LogP) is 2.34. The SMILES string of the molecule is Cl.Cl.O=C(CCN1CCCCC1)N1C[C@H]2COC[C@@H]1CN(Cc1[nH]nc3ncccc13)C2. The highest BCUT2D eigenvalue weighted by Gasteiger charge is 2.36. The summed E-state index contributed by atoms with van der Waals surface area (Å²) in [7, 11) is 0. The summed E-state index contributed by atoms with van der Waals surface area (Å²) in [5.74, 6) is 0.642. The van der Waals surface area contributed by atoms with Gasteiger partial charge in [0.1, 0.15) is 0 Å². The van der Waals surface area contributed by atoms with Crippen LogP contribution in [0, 0.1) is 5.92 Å². The van der Waals surface area contributed by atoms with Crippen molar-refractivity contribution in [1.82, 2.24) is 29.9 Å². The summed E-state index contributed by atoms with van der Waals surface area (Å²) in [4.78, 5) is 24.5. The highest BCUT2D eigenvalue weighted by Crippen LogP contribution is 2.23. The summed E-state index contributed by atoms with van der Waals surface area (Å²) in [5, 5.41) is 8.58. The molecule has 3 aliphatic heterocycles. The summed E-state index contributed by atoms with van der Waals surface area (Å²) in [6, 6.07) is 4.15. The smallest absolute Gasteiger partial charge is 0.224 e. The van der Waals surface area contributed by atoms with Crippen molar-refractivity contribution in [3.63, 3.8) is 0 Å². The van der Waals surface area contributed by atoms with Gasteiger partial charge in [-0.15, -0.1) is 24.8 Å². The van der Waals surface area contributed by atoms with E-state index in [9.17, 15) is 4.79 Å². The Morgan fingerprint density at radius 2 is 1.94 bits per heavy atom. The van der Waals surface area contributed by atoms with E-state index in [0.29, 0.717) is 24.9 Å². The molecule has 1 amide bonds. The molecule has 3 fully saturated rings. The van der Waals surface area contributed by atoms with E-state index >= 15 is 0 Å². The van der Waals surface area contributed by atoms with Gasteiger partial charge in [-0.2, -0.15) is 5.10 Å². The number of aromatic nitrogens is 3. The Morgan fingerprint density at radius 1 is 1.09 bits per heavy atom. The Labute approximate surface area is 201 Å². The number of nitrogens with one attached hydrogen (secondary N) is 1. The van der Waals surface area contributed by atoms with E-state index in [4.69, 9.17) is 4.74 Å². The average molecular weight is 485 g/mol. The van der Waals surface area contributed by atoms with Gasteiger partial charge < -0.3 is 14.5 Å². The van der Waals surface area contributed by atoms with E-state index in [2.05, 4.69) is 35.9 Å². The number of pyridine rings is 1. The molecular formula is C22H34Cl2N6O2. The van der Waals surface area contributed by atoms with Gasteiger partial charge in [-0.3, -0.25) is 14.8 Å². The van der Waals surface area contributed by atoms with Crippen molar-refractivity contribution < 1.29 is 9.53 Å². The van der Waals surface area contributed by atoms with Gasteiger partial charge >= 0.3 is 0 Å². The molecule has 3 aliphatic rings. The van der Waals surface area contributed by atoms with Crippen molar-refractivity contribution in [2.75, 3.05) is 52.5 Å². The molecule has 10 heteroatoms. The van der Waals surface area contributed by atoms with E-state index in [-0.39, 0.29) is 30.9 Å². The molecule has 1 N–H and O–H groups in total. The maximum Gasteiger partial charge on any atom is 0.224 e. The second-order valence-corrected chi connectivity index (χ2v) is 9.03. The number of nitrogens with zero attached hydrogens (tertiary/aromatic N) is 5. The summed E-state index contributed by atoms with van der Waals surface area (Å²) < 4.78 is 5.93. The van der Waals surface area contributed by atoms with E-state index in [1.54, 1.807) is 6.20 Å². The van der Waals surface area contributed by atoms with Gasteiger partial charge in [-0.25, -0.2) is 4.98 Å². The van der Waals surface area contributed by atoms with E-state index in [1.807, 2.05) is 6.07 Å². The first-order chi connectivity index (χ1) is 14.8. The summed E-state index contributed by atoms with van der Waals surface area (Å²) >= 11 is 0. The number of H-pyrrole nitrogens is 1. The Balaban J connectivity index is 0.00000144. The maximum absolute atomic E-state index is 13.1. The van der Waals surface area contributed by atoms with Crippen LogP contribution in [0.2, 0.25) is 0 Å². The number of aromatic amines is 1. The molecule has 0 aromatic carbocycles. The van der Waals surface area contributed by atoms with Crippen molar-refractivity contribution in [3.8, 4) is 0 Å². The van der Waals surface area contributed by atoms with Crippen LogP contribution in [0.3, 0.4) is 0 Å². The third-order valence-electron chi connectivity index (χ3n) is 6.75. The number of piperidine rings is 1. The number of rotatable bonds is 5. The van der Waals surface area contributed by atoms with E-state index < -0.39 is 0 Å². The van der Waals surface area contributed by atoms with Gasteiger partial charge in [-0.05, 0) is 38.1 Å². The number of hydrogen-bond acceptors (Lipinski definition) is 6. The van der Waals surface area contributed by atoms with Crippen molar-refractivity contribution in [3.05, 3.63) is 24.0 Å². The molecule has 5 rings (SSSR count). The van der Waals surface area contributed by atoms with Crippen molar-refractivity contribution in [2.24, 2.45) is 5.92 Å². The molecule has 178 valence electrons. The topological polar surface area (TPSA) is 77.6 Å². The van der Waals surface area contributed by atoms with Gasteiger partial charge in [-0.1, -0.05) is 6.42 Å². The van der Waals surface area contributed by atoms with Crippen molar-refractivity contribution in [1.29, 1.82) is 0 Å². The predicted molar refractivity (Wildman–Crippen MR) is 128 cm³/mol. The lowest BCUT2D eigenvalue weighted by Crippen LogP contribution is -2.47. The first-order valence-electron chi connectivity index (χ1n) is 11.4. The monoisotopic (exact) mass is 484 g/mol. The highest BCUT2D eigenvalue weighted by atomic mass is 35.5. The molecule has 0 unspecified atom stereocenters. The summed E-state index contributed by atoms with van der Waals surface area (Å²) in [6.07, 6.45) is 6.26. The first-order valence-corrected chi connectivity index (χ1v) is 11.4. The molecule has 8 nitrogen and oxygen atoms in total. The van der Waals surface area contributed by atoms with Crippen LogP contribution in [0.25, 0.3) is 11.0 Å². The van der Waals surface area contributed by atoms with Crippen LogP contribution in [0.15, 0.2) is 18.3 Å². The zero-order valence-electron chi connectivity index (χ0n) is 18.4. The second kappa shape index (κ2) is 11.6. The summed E-state index contributed by atoms with van der Waals surface area (Å²) in [6.45, 7) is 7.93. The number of fused-ring (bicyclic) bond motifs is 4. The summed E-state index contributed by atoms with van der Waals surface area (Å²) in [5.41, 5.74) is 1.86. The number of carbonyl (C=O) groups excluding carboxylic acids is 1. The Kier molecular flexibility index (Phi) is 9.13. The van der Waals surface area contributed by atoms with Crippen LogP contribution in [-0.4, -0.2) is 94.3 Å².